The third-order valence-corrected chi connectivity index (χ3v) is 3.51. The van der Waals surface area contributed by atoms with Crippen LogP contribution >= 0.6 is 11.3 Å². The van der Waals surface area contributed by atoms with Crippen LogP contribution in [0, 0.1) is 5.92 Å². The number of carbonyl (C=O) groups is 2. The second-order valence-corrected chi connectivity index (χ2v) is 5.92. The van der Waals surface area contributed by atoms with E-state index in [1.807, 2.05) is 13.8 Å². The zero-order valence-corrected chi connectivity index (χ0v) is 13.7. The SMILES string of the molecule is CCCNCCNC(=O)Cc1csc(NC(=O)C(C)C)n1. The fourth-order valence-corrected chi connectivity index (χ4v) is 2.23. The Morgan fingerprint density at radius 3 is 2.71 bits per heavy atom. The van der Waals surface area contributed by atoms with Gasteiger partial charge in [-0.25, -0.2) is 4.98 Å². The highest BCUT2D eigenvalue weighted by Crippen LogP contribution is 2.16. The van der Waals surface area contributed by atoms with Crippen LogP contribution in [0.4, 0.5) is 5.13 Å². The number of nitrogens with one attached hydrogen (secondary N) is 3. The van der Waals surface area contributed by atoms with Crippen molar-refractivity contribution in [1.29, 1.82) is 0 Å². The fourth-order valence-electron chi connectivity index (χ4n) is 1.51. The monoisotopic (exact) mass is 312 g/mol. The Bertz CT molecular complexity index is 460. The topological polar surface area (TPSA) is 83.1 Å². The van der Waals surface area contributed by atoms with Gasteiger partial charge in [0.2, 0.25) is 11.8 Å². The van der Waals surface area contributed by atoms with Gasteiger partial charge in [-0.1, -0.05) is 20.8 Å². The van der Waals surface area contributed by atoms with Crippen molar-refractivity contribution in [3.05, 3.63) is 11.1 Å². The number of carbonyl (C=O) groups excluding carboxylic acids is 2. The summed E-state index contributed by atoms with van der Waals surface area (Å²) in [7, 11) is 0. The molecule has 0 fully saturated rings. The van der Waals surface area contributed by atoms with E-state index in [2.05, 4.69) is 27.9 Å². The fraction of sp³-hybridized carbons (Fsp3) is 0.643. The molecule has 0 spiro atoms. The lowest BCUT2D eigenvalue weighted by Crippen LogP contribution is -2.33. The van der Waals surface area contributed by atoms with Crippen molar-refractivity contribution in [2.75, 3.05) is 25.0 Å². The summed E-state index contributed by atoms with van der Waals surface area (Å²) in [5.74, 6) is -0.209. The van der Waals surface area contributed by atoms with Gasteiger partial charge in [0.25, 0.3) is 0 Å². The normalized spacial score (nSPS) is 10.7. The maximum atomic E-state index is 11.7. The van der Waals surface area contributed by atoms with Crippen LogP contribution in [0.3, 0.4) is 0 Å². The minimum absolute atomic E-state index is 0.0552. The van der Waals surface area contributed by atoms with Gasteiger partial charge in [-0.3, -0.25) is 9.59 Å². The Morgan fingerprint density at radius 1 is 1.29 bits per heavy atom. The molecular formula is C14H24N4O2S. The maximum absolute atomic E-state index is 11.7. The van der Waals surface area contributed by atoms with Gasteiger partial charge >= 0.3 is 0 Å². The Morgan fingerprint density at radius 2 is 2.05 bits per heavy atom. The molecule has 118 valence electrons. The lowest BCUT2D eigenvalue weighted by molar-refractivity contribution is -0.120. The van der Waals surface area contributed by atoms with Gasteiger partial charge in [-0.2, -0.15) is 0 Å². The first-order chi connectivity index (χ1) is 10.0. The smallest absolute Gasteiger partial charge is 0.228 e. The summed E-state index contributed by atoms with van der Waals surface area (Å²) in [6, 6.07) is 0. The van der Waals surface area contributed by atoms with Crippen LogP contribution in [0.25, 0.3) is 0 Å². The van der Waals surface area contributed by atoms with E-state index in [4.69, 9.17) is 0 Å². The van der Waals surface area contributed by atoms with Gasteiger partial charge in [0.1, 0.15) is 0 Å². The van der Waals surface area contributed by atoms with Crippen LogP contribution in [0.15, 0.2) is 5.38 Å². The Balaban J connectivity index is 2.30. The summed E-state index contributed by atoms with van der Waals surface area (Å²) in [5, 5.41) is 11.1. The lowest BCUT2D eigenvalue weighted by Gasteiger charge is -2.05. The second kappa shape index (κ2) is 9.46. The first kappa shape index (κ1) is 17.6. The second-order valence-electron chi connectivity index (χ2n) is 5.06. The zero-order chi connectivity index (χ0) is 15.7. The molecule has 2 amide bonds. The lowest BCUT2D eigenvalue weighted by atomic mass is 10.2. The van der Waals surface area contributed by atoms with Gasteiger partial charge in [0.15, 0.2) is 5.13 Å². The molecule has 0 saturated heterocycles. The molecule has 0 aliphatic carbocycles. The predicted molar refractivity (Wildman–Crippen MR) is 85.5 cm³/mol. The van der Waals surface area contributed by atoms with E-state index in [-0.39, 0.29) is 24.2 Å². The summed E-state index contributed by atoms with van der Waals surface area (Å²) in [5.41, 5.74) is 0.679. The van der Waals surface area contributed by atoms with Crippen molar-refractivity contribution in [3.63, 3.8) is 0 Å². The van der Waals surface area contributed by atoms with E-state index in [9.17, 15) is 9.59 Å². The van der Waals surface area contributed by atoms with Crippen LogP contribution in [0.5, 0.6) is 0 Å². The highest BCUT2D eigenvalue weighted by atomic mass is 32.1. The number of nitrogens with zero attached hydrogens (tertiary/aromatic N) is 1. The number of aromatic nitrogens is 1. The molecule has 0 aliphatic heterocycles. The van der Waals surface area contributed by atoms with Crippen LogP contribution in [-0.2, 0) is 16.0 Å². The summed E-state index contributed by atoms with van der Waals surface area (Å²) in [6.45, 7) is 8.09. The Hall–Kier alpha value is -1.47. The van der Waals surface area contributed by atoms with Crippen molar-refractivity contribution >= 4 is 28.3 Å². The molecule has 0 saturated carbocycles. The minimum Gasteiger partial charge on any atom is -0.354 e. The molecule has 1 aromatic rings. The van der Waals surface area contributed by atoms with Crippen molar-refractivity contribution in [3.8, 4) is 0 Å². The molecule has 0 bridgehead atoms. The van der Waals surface area contributed by atoms with Gasteiger partial charge in [-0.05, 0) is 13.0 Å². The quantitative estimate of drug-likeness (QED) is 0.602. The molecule has 21 heavy (non-hydrogen) atoms. The van der Waals surface area contributed by atoms with E-state index < -0.39 is 0 Å². The van der Waals surface area contributed by atoms with Crippen LogP contribution < -0.4 is 16.0 Å². The standard InChI is InChI=1S/C14H24N4O2S/c1-4-5-15-6-7-16-12(19)8-11-9-21-14(17-11)18-13(20)10(2)3/h9-10,15H,4-8H2,1-3H3,(H,16,19)(H,17,18,20). The first-order valence-corrected chi connectivity index (χ1v) is 8.13. The van der Waals surface area contributed by atoms with Gasteiger partial charge in [0.05, 0.1) is 12.1 Å². The van der Waals surface area contributed by atoms with Gasteiger partial charge in [-0.15, -0.1) is 11.3 Å². The van der Waals surface area contributed by atoms with E-state index in [1.54, 1.807) is 5.38 Å². The molecule has 6 nitrogen and oxygen atoms in total. The van der Waals surface area contributed by atoms with Crippen LogP contribution in [0.2, 0.25) is 0 Å². The Labute approximate surface area is 129 Å². The highest BCUT2D eigenvalue weighted by Gasteiger charge is 2.11. The molecule has 0 aromatic carbocycles. The van der Waals surface area contributed by atoms with E-state index in [0.717, 1.165) is 19.5 Å². The number of anilines is 1. The molecule has 1 heterocycles. The average Bonchev–Trinajstić information content (AvgIpc) is 2.85. The summed E-state index contributed by atoms with van der Waals surface area (Å²) < 4.78 is 0. The minimum atomic E-state index is -0.0868. The van der Waals surface area contributed by atoms with E-state index in [1.165, 1.54) is 11.3 Å². The Kier molecular flexibility index (Phi) is 7.92. The number of hydrogen-bond acceptors (Lipinski definition) is 5. The molecule has 3 N–H and O–H groups in total. The third kappa shape index (κ3) is 7.19. The largest absolute Gasteiger partial charge is 0.354 e. The highest BCUT2D eigenvalue weighted by molar-refractivity contribution is 7.13. The molecule has 1 rings (SSSR count). The zero-order valence-electron chi connectivity index (χ0n) is 12.9. The number of rotatable bonds is 9. The predicted octanol–water partition coefficient (Wildman–Crippen LogP) is 1.40. The summed E-state index contributed by atoms with van der Waals surface area (Å²) >= 11 is 1.34. The van der Waals surface area contributed by atoms with Gasteiger partial charge in [0, 0.05) is 24.4 Å². The first-order valence-electron chi connectivity index (χ1n) is 7.25. The molecule has 7 heteroatoms. The molecule has 1 aromatic heterocycles. The summed E-state index contributed by atoms with van der Waals surface area (Å²) in [6.07, 6.45) is 1.32. The summed E-state index contributed by atoms with van der Waals surface area (Å²) in [4.78, 5) is 27.5. The number of thiazole rings is 1. The van der Waals surface area contributed by atoms with Gasteiger partial charge < -0.3 is 16.0 Å². The van der Waals surface area contributed by atoms with Crippen LogP contribution in [-0.4, -0.2) is 36.4 Å². The molecule has 0 aliphatic rings. The van der Waals surface area contributed by atoms with Crippen molar-refractivity contribution in [2.24, 2.45) is 5.92 Å². The van der Waals surface area contributed by atoms with Crippen molar-refractivity contribution in [1.82, 2.24) is 15.6 Å². The van der Waals surface area contributed by atoms with E-state index in [0.29, 0.717) is 17.4 Å². The molecule has 0 atom stereocenters. The molecule has 0 radical (unpaired) electrons. The average molecular weight is 312 g/mol. The number of hydrogen-bond donors (Lipinski definition) is 3. The van der Waals surface area contributed by atoms with E-state index >= 15 is 0 Å². The molecule has 0 unspecified atom stereocenters. The van der Waals surface area contributed by atoms with Crippen molar-refractivity contribution in [2.45, 2.75) is 33.6 Å². The molecular weight excluding hydrogens is 288 g/mol. The number of amides is 2. The van der Waals surface area contributed by atoms with Crippen molar-refractivity contribution < 1.29 is 9.59 Å². The van der Waals surface area contributed by atoms with Crippen LogP contribution in [0.1, 0.15) is 32.9 Å². The third-order valence-electron chi connectivity index (χ3n) is 2.70. The maximum Gasteiger partial charge on any atom is 0.228 e.